The third-order valence-electron chi connectivity index (χ3n) is 4.70. The van der Waals surface area contributed by atoms with Gasteiger partial charge in [0, 0.05) is 13.6 Å². The Hall–Kier alpha value is -2.83. The summed E-state index contributed by atoms with van der Waals surface area (Å²) in [4.78, 5) is 24.9. The number of carbonyl (C=O) groups is 1. The van der Waals surface area contributed by atoms with E-state index >= 15 is 0 Å². The number of aryl methyl sites for hydroxylation is 1. The van der Waals surface area contributed by atoms with E-state index in [1.807, 2.05) is 6.07 Å². The second kappa shape index (κ2) is 9.32. The van der Waals surface area contributed by atoms with E-state index in [1.165, 1.54) is 41.9 Å². The number of aromatic hydroxyl groups is 1. The number of pyridine rings is 1. The van der Waals surface area contributed by atoms with Gasteiger partial charge in [-0.2, -0.15) is 0 Å². The summed E-state index contributed by atoms with van der Waals surface area (Å²) in [6.45, 7) is 0.333. The molecule has 0 bridgehead atoms. The molecule has 2 N–H and O–H groups in total. The maximum atomic E-state index is 13.2. The van der Waals surface area contributed by atoms with Crippen molar-refractivity contribution in [3.63, 3.8) is 0 Å². The fraction of sp³-hybridized carbons (Fsp3) is 0.182. The minimum Gasteiger partial charge on any atom is -0.502 e. The molecule has 0 atom stereocenters. The molecular formula is C22H19Cl2FN2O3. The number of hydrogen-bond acceptors (Lipinski definition) is 3. The molecule has 0 unspecified atom stereocenters. The molecular weight excluding hydrogens is 430 g/mol. The van der Waals surface area contributed by atoms with Crippen LogP contribution in [0, 0.1) is 5.82 Å². The van der Waals surface area contributed by atoms with E-state index < -0.39 is 23.0 Å². The second-order valence-corrected chi connectivity index (χ2v) is 7.59. The summed E-state index contributed by atoms with van der Waals surface area (Å²) in [5.41, 5.74) is 1.07. The predicted octanol–water partition coefficient (Wildman–Crippen LogP) is 4.57. The van der Waals surface area contributed by atoms with Gasteiger partial charge in [-0.1, -0.05) is 29.3 Å². The van der Waals surface area contributed by atoms with Crippen LogP contribution in [0.15, 0.2) is 53.3 Å². The Kier molecular flexibility index (Phi) is 6.80. The molecule has 2 aromatic carbocycles. The van der Waals surface area contributed by atoms with E-state index in [4.69, 9.17) is 23.2 Å². The Morgan fingerprint density at radius 1 is 1.10 bits per heavy atom. The number of hydrogen-bond donors (Lipinski definition) is 2. The van der Waals surface area contributed by atoms with Crippen LogP contribution in [-0.2, 0) is 13.5 Å². The Labute approximate surface area is 182 Å². The molecule has 156 valence electrons. The van der Waals surface area contributed by atoms with Crippen molar-refractivity contribution in [1.29, 1.82) is 0 Å². The lowest BCUT2D eigenvalue weighted by Gasteiger charge is -2.13. The third kappa shape index (κ3) is 4.83. The number of nitrogens with one attached hydrogen (secondary N) is 1. The van der Waals surface area contributed by atoms with Gasteiger partial charge < -0.3 is 15.0 Å². The first kappa shape index (κ1) is 21.9. The lowest BCUT2D eigenvalue weighted by molar-refractivity contribution is 0.0950. The van der Waals surface area contributed by atoms with Crippen LogP contribution in [0.3, 0.4) is 0 Å². The van der Waals surface area contributed by atoms with Gasteiger partial charge in [0.2, 0.25) is 0 Å². The van der Waals surface area contributed by atoms with E-state index in [1.54, 1.807) is 12.1 Å². The molecule has 1 heterocycles. The molecule has 0 spiro atoms. The Morgan fingerprint density at radius 2 is 1.80 bits per heavy atom. The molecule has 3 aromatic rings. The number of aromatic nitrogens is 1. The van der Waals surface area contributed by atoms with Crippen LogP contribution in [0.5, 0.6) is 5.75 Å². The lowest BCUT2D eigenvalue weighted by atomic mass is 10.1. The maximum absolute atomic E-state index is 13.2. The van der Waals surface area contributed by atoms with Gasteiger partial charge in [0.25, 0.3) is 11.5 Å². The van der Waals surface area contributed by atoms with Gasteiger partial charge >= 0.3 is 0 Å². The van der Waals surface area contributed by atoms with Crippen molar-refractivity contribution < 1.29 is 14.3 Å². The number of amides is 1. The van der Waals surface area contributed by atoms with Gasteiger partial charge in [-0.3, -0.25) is 9.59 Å². The third-order valence-corrected chi connectivity index (χ3v) is 5.44. The molecule has 0 aliphatic carbocycles. The van der Waals surface area contributed by atoms with E-state index in [2.05, 4.69) is 5.32 Å². The van der Waals surface area contributed by atoms with E-state index in [9.17, 15) is 19.1 Å². The summed E-state index contributed by atoms with van der Waals surface area (Å²) >= 11 is 11.9. The second-order valence-electron chi connectivity index (χ2n) is 6.77. The zero-order valence-corrected chi connectivity index (χ0v) is 17.6. The highest BCUT2D eigenvalue weighted by Gasteiger charge is 2.18. The Balaban J connectivity index is 1.72. The minimum atomic E-state index is -0.710. The van der Waals surface area contributed by atoms with Crippen molar-refractivity contribution in [2.75, 3.05) is 6.54 Å². The van der Waals surface area contributed by atoms with Crippen LogP contribution in [0.2, 0.25) is 10.0 Å². The fourth-order valence-corrected chi connectivity index (χ4v) is 3.36. The molecule has 0 radical (unpaired) electrons. The largest absolute Gasteiger partial charge is 0.502 e. The Morgan fingerprint density at radius 3 is 2.47 bits per heavy atom. The zero-order chi connectivity index (χ0) is 21.8. The molecule has 0 aliphatic heterocycles. The van der Waals surface area contributed by atoms with Crippen molar-refractivity contribution in [2.24, 2.45) is 7.05 Å². The number of rotatable bonds is 6. The quantitative estimate of drug-likeness (QED) is 0.542. The Bertz CT molecular complexity index is 1140. The number of halogens is 3. The van der Waals surface area contributed by atoms with Crippen LogP contribution in [0.1, 0.15) is 22.3 Å². The summed E-state index contributed by atoms with van der Waals surface area (Å²) in [5, 5.41) is 13.8. The number of benzene rings is 2. The van der Waals surface area contributed by atoms with Gasteiger partial charge in [0.05, 0.1) is 21.3 Å². The molecule has 3 rings (SSSR count). The summed E-state index contributed by atoms with van der Waals surface area (Å²) in [6, 6.07) is 12.3. The van der Waals surface area contributed by atoms with E-state index in [-0.39, 0.29) is 5.56 Å². The molecule has 0 fully saturated rings. The summed E-state index contributed by atoms with van der Waals surface area (Å²) in [6.07, 6.45) is 1.29. The first-order chi connectivity index (χ1) is 14.3. The van der Waals surface area contributed by atoms with Crippen molar-refractivity contribution >= 4 is 29.1 Å². The first-order valence-corrected chi connectivity index (χ1v) is 9.94. The van der Waals surface area contributed by atoms with Crippen LogP contribution < -0.4 is 10.9 Å². The van der Waals surface area contributed by atoms with Gasteiger partial charge in [-0.25, -0.2) is 4.39 Å². The van der Waals surface area contributed by atoms with Crippen LogP contribution in [0.25, 0.3) is 11.3 Å². The highest BCUT2D eigenvalue weighted by Crippen LogP contribution is 2.24. The average molecular weight is 449 g/mol. The van der Waals surface area contributed by atoms with Crippen molar-refractivity contribution in [3.05, 3.63) is 85.9 Å². The van der Waals surface area contributed by atoms with Crippen molar-refractivity contribution in [2.45, 2.75) is 12.8 Å². The van der Waals surface area contributed by atoms with E-state index in [0.29, 0.717) is 40.7 Å². The maximum Gasteiger partial charge on any atom is 0.293 e. The van der Waals surface area contributed by atoms with E-state index in [0.717, 1.165) is 5.56 Å². The SMILES string of the molecule is Cn1c(-c2ccc(F)cc2)cc(C(=O)NCCCc2ccc(Cl)c(Cl)c2)c(O)c1=O. The smallest absolute Gasteiger partial charge is 0.293 e. The number of carbonyl (C=O) groups excluding carboxylic acids is 1. The zero-order valence-electron chi connectivity index (χ0n) is 16.1. The van der Waals surface area contributed by atoms with Crippen molar-refractivity contribution in [3.8, 4) is 17.0 Å². The predicted molar refractivity (Wildman–Crippen MR) is 116 cm³/mol. The lowest BCUT2D eigenvalue weighted by Crippen LogP contribution is -2.28. The monoisotopic (exact) mass is 448 g/mol. The van der Waals surface area contributed by atoms with Crippen LogP contribution in [0.4, 0.5) is 4.39 Å². The van der Waals surface area contributed by atoms with Gasteiger partial charge in [0.15, 0.2) is 5.75 Å². The summed E-state index contributed by atoms with van der Waals surface area (Å²) < 4.78 is 14.4. The molecule has 0 saturated carbocycles. The minimum absolute atomic E-state index is 0.132. The molecule has 1 aromatic heterocycles. The standard InChI is InChI=1S/C22H19Cl2FN2O3/c1-27-19(14-5-7-15(25)8-6-14)12-16(20(28)22(27)30)21(29)26-10-2-3-13-4-9-17(23)18(24)11-13/h4-9,11-12,28H,2-3,10H2,1H3,(H,26,29). The summed E-state index contributed by atoms with van der Waals surface area (Å²) in [5.74, 6) is -1.62. The normalized spacial score (nSPS) is 10.8. The van der Waals surface area contributed by atoms with Gasteiger partial charge in [0.1, 0.15) is 5.82 Å². The molecule has 1 amide bonds. The highest BCUT2D eigenvalue weighted by molar-refractivity contribution is 6.42. The molecule has 5 nitrogen and oxygen atoms in total. The first-order valence-electron chi connectivity index (χ1n) is 9.19. The van der Waals surface area contributed by atoms with Crippen LogP contribution >= 0.6 is 23.2 Å². The molecule has 8 heteroatoms. The summed E-state index contributed by atoms with van der Waals surface area (Å²) in [7, 11) is 1.47. The molecule has 0 aliphatic rings. The van der Waals surface area contributed by atoms with Gasteiger partial charge in [-0.05, 0) is 66.4 Å². The van der Waals surface area contributed by atoms with Crippen molar-refractivity contribution in [1.82, 2.24) is 9.88 Å². The molecule has 30 heavy (non-hydrogen) atoms. The van der Waals surface area contributed by atoms with Gasteiger partial charge in [-0.15, -0.1) is 0 Å². The highest BCUT2D eigenvalue weighted by atomic mass is 35.5. The average Bonchev–Trinajstić information content (AvgIpc) is 2.73. The number of nitrogens with zero attached hydrogens (tertiary/aromatic N) is 1. The topological polar surface area (TPSA) is 71.3 Å². The molecule has 0 saturated heterocycles. The van der Waals surface area contributed by atoms with Crippen LogP contribution in [-0.4, -0.2) is 22.1 Å². The fourth-order valence-electron chi connectivity index (χ4n) is 3.04.